The minimum absolute atomic E-state index is 0.385. The van der Waals surface area contributed by atoms with Crippen molar-refractivity contribution in [3.8, 4) is 0 Å². The van der Waals surface area contributed by atoms with Crippen LogP contribution < -0.4 is 5.32 Å². The van der Waals surface area contributed by atoms with Crippen LogP contribution in [0, 0.1) is 11.3 Å². The normalized spacial score (nSPS) is 34.8. The van der Waals surface area contributed by atoms with Gasteiger partial charge in [-0.25, -0.2) is 0 Å². The Balaban J connectivity index is 2.00. The van der Waals surface area contributed by atoms with Gasteiger partial charge in [0, 0.05) is 12.8 Å². The molecule has 1 aliphatic carbocycles. The Morgan fingerprint density at radius 1 is 1.44 bits per heavy atom. The molecule has 1 saturated heterocycles. The first-order chi connectivity index (χ1) is 7.77. The Labute approximate surface area is 99.2 Å². The highest BCUT2D eigenvalue weighted by Gasteiger charge is 2.44. The van der Waals surface area contributed by atoms with Gasteiger partial charge in [-0.2, -0.15) is 0 Å². The van der Waals surface area contributed by atoms with Gasteiger partial charge < -0.3 is 5.32 Å². The third-order valence-electron chi connectivity index (χ3n) is 4.66. The first-order valence-corrected chi connectivity index (χ1v) is 6.99. The standard InChI is InChI=1S/C14H25NO/c1-2-3-4-7-14-8-9-15-11-12(14)5-6-13(16)10-14/h12,15H,2-11H2,1H3. The van der Waals surface area contributed by atoms with Crippen LogP contribution >= 0.6 is 0 Å². The van der Waals surface area contributed by atoms with Gasteiger partial charge in [0.1, 0.15) is 5.78 Å². The molecule has 0 aromatic rings. The van der Waals surface area contributed by atoms with Gasteiger partial charge >= 0.3 is 0 Å². The third kappa shape index (κ3) is 2.48. The first kappa shape index (κ1) is 12.1. The van der Waals surface area contributed by atoms with Crippen molar-refractivity contribution in [3.63, 3.8) is 0 Å². The maximum absolute atomic E-state index is 11.7. The fourth-order valence-electron chi connectivity index (χ4n) is 3.64. The van der Waals surface area contributed by atoms with Gasteiger partial charge in [0.2, 0.25) is 0 Å². The molecule has 0 aromatic carbocycles. The van der Waals surface area contributed by atoms with E-state index in [4.69, 9.17) is 0 Å². The van der Waals surface area contributed by atoms with Crippen LogP contribution in [0.2, 0.25) is 0 Å². The molecule has 2 unspecified atom stereocenters. The van der Waals surface area contributed by atoms with Gasteiger partial charge in [-0.05, 0) is 43.7 Å². The van der Waals surface area contributed by atoms with Crippen molar-refractivity contribution in [2.24, 2.45) is 11.3 Å². The zero-order chi connectivity index (χ0) is 11.4. The van der Waals surface area contributed by atoms with E-state index >= 15 is 0 Å². The maximum atomic E-state index is 11.7. The smallest absolute Gasteiger partial charge is 0.133 e. The van der Waals surface area contributed by atoms with Crippen LogP contribution in [0.4, 0.5) is 0 Å². The summed E-state index contributed by atoms with van der Waals surface area (Å²) < 4.78 is 0. The van der Waals surface area contributed by atoms with Crippen molar-refractivity contribution in [3.05, 3.63) is 0 Å². The number of unbranched alkanes of at least 4 members (excludes halogenated alkanes) is 2. The molecule has 1 N–H and O–H groups in total. The molecular weight excluding hydrogens is 198 g/mol. The number of fused-ring (bicyclic) bond motifs is 1. The van der Waals surface area contributed by atoms with Crippen molar-refractivity contribution in [1.29, 1.82) is 0 Å². The Bertz CT molecular complexity index is 251. The molecule has 2 heteroatoms. The Kier molecular flexibility index (Phi) is 4.01. The summed E-state index contributed by atoms with van der Waals surface area (Å²) in [4.78, 5) is 11.7. The lowest BCUT2D eigenvalue weighted by Gasteiger charge is -2.47. The molecule has 0 bridgehead atoms. The van der Waals surface area contributed by atoms with Crippen LogP contribution in [-0.2, 0) is 4.79 Å². The van der Waals surface area contributed by atoms with Gasteiger partial charge in [-0.3, -0.25) is 4.79 Å². The number of ketones is 1. The summed E-state index contributed by atoms with van der Waals surface area (Å²) in [6.07, 6.45) is 9.30. The van der Waals surface area contributed by atoms with E-state index in [1.165, 1.54) is 32.1 Å². The number of Topliss-reactive ketones (excluding diaryl/α,β-unsaturated/α-hetero) is 1. The highest BCUT2D eigenvalue weighted by atomic mass is 16.1. The van der Waals surface area contributed by atoms with E-state index in [1.54, 1.807) is 0 Å². The molecule has 16 heavy (non-hydrogen) atoms. The maximum Gasteiger partial charge on any atom is 0.133 e. The van der Waals surface area contributed by atoms with Crippen molar-refractivity contribution < 1.29 is 4.79 Å². The van der Waals surface area contributed by atoms with E-state index in [0.717, 1.165) is 38.3 Å². The average Bonchev–Trinajstić information content (AvgIpc) is 2.29. The van der Waals surface area contributed by atoms with Crippen molar-refractivity contribution in [2.45, 2.75) is 58.3 Å². The second-order valence-corrected chi connectivity index (χ2v) is 5.72. The van der Waals surface area contributed by atoms with Gasteiger partial charge in [0.15, 0.2) is 0 Å². The van der Waals surface area contributed by atoms with Gasteiger partial charge in [-0.15, -0.1) is 0 Å². The second kappa shape index (κ2) is 5.31. The van der Waals surface area contributed by atoms with E-state index in [0.29, 0.717) is 11.2 Å². The van der Waals surface area contributed by atoms with E-state index < -0.39 is 0 Å². The van der Waals surface area contributed by atoms with Gasteiger partial charge in [-0.1, -0.05) is 26.2 Å². The molecule has 2 aliphatic rings. The lowest BCUT2D eigenvalue weighted by Crippen LogP contribution is -2.48. The molecule has 2 atom stereocenters. The van der Waals surface area contributed by atoms with E-state index in [1.807, 2.05) is 0 Å². The number of hydrogen-bond acceptors (Lipinski definition) is 2. The number of hydrogen-bond donors (Lipinski definition) is 1. The summed E-state index contributed by atoms with van der Waals surface area (Å²) in [6, 6.07) is 0. The van der Waals surface area contributed by atoms with Crippen LogP contribution in [0.3, 0.4) is 0 Å². The highest BCUT2D eigenvalue weighted by Crippen LogP contribution is 2.47. The van der Waals surface area contributed by atoms with Crippen molar-refractivity contribution in [2.75, 3.05) is 13.1 Å². The van der Waals surface area contributed by atoms with Crippen molar-refractivity contribution in [1.82, 2.24) is 5.32 Å². The molecule has 0 aromatic heterocycles. The van der Waals surface area contributed by atoms with Crippen LogP contribution in [-0.4, -0.2) is 18.9 Å². The van der Waals surface area contributed by atoms with Crippen LogP contribution in [0.5, 0.6) is 0 Å². The molecule has 0 spiro atoms. The van der Waals surface area contributed by atoms with E-state index in [-0.39, 0.29) is 0 Å². The monoisotopic (exact) mass is 223 g/mol. The SMILES string of the molecule is CCCCCC12CCNCC1CCC(=O)C2. The molecule has 0 radical (unpaired) electrons. The Morgan fingerprint density at radius 2 is 2.31 bits per heavy atom. The topological polar surface area (TPSA) is 29.1 Å². The zero-order valence-corrected chi connectivity index (χ0v) is 10.6. The summed E-state index contributed by atoms with van der Waals surface area (Å²) in [5, 5.41) is 3.50. The number of carbonyl (C=O) groups is 1. The number of carbonyl (C=O) groups excluding carboxylic acids is 1. The average molecular weight is 223 g/mol. The highest BCUT2D eigenvalue weighted by molar-refractivity contribution is 5.80. The van der Waals surface area contributed by atoms with Crippen molar-refractivity contribution >= 4 is 5.78 Å². The molecule has 1 heterocycles. The fourth-order valence-corrected chi connectivity index (χ4v) is 3.64. The molecule has 1 saturated carbocycles. The molecule has 2 fully saturated rings. The van der Waals surface area contributed by atoms with E-state index in [9.17, 15) is 4.79 Å². The summed E-state index contributed by atoms with van der Waals surface area (Å²) >= 11 is 0. The number of rotatable bonds is 4. The molecule has 2 nitrogen and oxygen atoms in total. The molecule has 2 rings (SSSR count). The van der Waals surface area contributed by atoms with Crippen LogP contribution in [0.1, 0.15) is 58.3 Å². The minimum Gasteiger partial charge on any atom is -0.316 e. The third-order valence-corrected chi connectivity index (χ3v) is 4.66. The number of nitrogens with one attached hydrogen (secondary N) is 1. The fraction of sp³-hybridized carbons (Fsp3) is 0.929. The van der Waals surface area contributed by atoms with Gasteiger partial charge in [0.05, 0.1) is 0 Å². The second-order valence-electron chi connectivity index (χ2n) is 5.72. The van der Waals surface area contributed by atoms with Crippen LogP contribution in [0.25, 0.3) is 0 Å². The number of piperidine rings is 1. The molecule has 92 valence electrons. The Hall–Kier alpha value is -0.370. The quantitative estimate of drug-likeness (QED) is 0.742. The minimum atomic E-state index is 0.385. The lowest BCUT2D eigenvalue weighted by molar-refractivity contribution is -0.127. The first-order valence-electron chi connectivity index (χ1n) is 6.99. The summed E-state index contributed by atoms with van der Waals surface area (Å²) in [5.74, 6) is 1.30. The van der Waals surface area contributed by atoms with E-state index in [2.05, 4.69) is 12.2 Å². The molecular formula is C14H25NO. The summed E-state index contributed by atoms with van der Waals surface area (Å²) in [5.41, 5.74) is 0.385. The summed E-state index contributed by atoms with van der Waals surface area (Å²) in [6.45, 7) is 4.53. The summed E-state index contributed by atoms with van der Waals surface area (Å²) in [7, 11) is 0. The predicted octanol–water partition coefficient (Wildman–Crippen LogP) is 2.92. The molecule has 0 amide bonds. The van der Waals surface area contributed by atoms with Crippen LogP contribution in [0.15, 0.2) is 0 Å². The zero-order valence-electron chi connectivity index (χ0n) is 10.6. The lowest BCUT2D eigenvalue weighted by atomic mass is 9.60. The van der Waals surface area contributed by atoms with Gasteiger partial charge in [0.25, 0.3) is 0 Å². The molecule has 1 aliphatic heterocycles. The largest absolute Gasteiger partial charge is 0.316 e. The Morgan fingerprint density at radius 3 is 3.12 bits per heavy atom. The predicted molar refractivity (Wildman–Crippen MR) is 66.4 cm³/mol.